The van der Waals surface area contributed by atoms with E-state index in [1.807, 2.05) is 49.4 Å². The number of aliphatic hydroxyl groups is 1. The summed E-state index contributed by atoms with van der Waals surface area (Å²) in [6.07, 6.45) is 2.21. The number of likely N-dealkylation sites (tertiary alicyclic amines) is 1. The fourth-order valence-corrected chi connectivity index (χ4v) is 10.7. The van der Waals surface area contributed by atoms with Crippen molar-refractivity contribution >= 4 is 36.7 Å². The highest BCUT2D eigenvalue weighted by atomic mass is 28.4. The first-order valence-corrected chi connectivity index (χ1v) is 19.2. The molecule has 4 heterocycles. The summed E-state index contributed by atoms with van der Waals surface area (Å²) in [6, 6.07) is 21.9. The molecule has 47 heavy (non-hydrogen) atoms. The highest BCUT2D eigenvalue weighted by Crippen LogP contribution is 2.60. The summed E-state index contributed by atoms with van der Waals surface area (Å²) in [6.45, 7) is 5.75. The molecule has 0 saturated carbocycles. The first kappa shape index (κ1) is 31.4. The molecule has 0 radical (unpaired) electrons. The zero-order chi connectivity index (χ0) is 33.1. The van der Waals surface area contributed by atoms with Gasteiger partial charge in [0.2, 0.25) is 14.3 Å². The SMILES string of the molecule is C[C@@H]1[C@@H]([Si](C)(C)F)[C@H](CC(=O)N2CCC[C@H]2CO)O[C@@]12C(=O)N(Cc1ccccc1)c1ccc(-n3ncc4ccccc4c3=O)cc12. The van der Waals surface area contributed by atoms with E-state index in [1.54, 1.807) is 59.4 Å². The number of nitrogens with zero attached hydrogens (tertiary/aromatic N) is 4. The molecule has 0 aliphatic carbocycles. The van der Waals surface area contributed by atoms with Crippen molar-refractivity contribution in [2.75, 3.05) is 18.1 Å². The first-order valence-electron chi connectivity index (χ1n) is 16.3. The number of hydrogen-bond acceptors (Lipinski definition) is 6. The minimum Gasteiger partial charge on any atom is -0.394 e. The molecule has 3 aliphatic heterocycles. The third-order valence-electron chi connectivity index (χ3n) is 10.4. The van der Waals surface area contributed by atoms with Crippen molar-refractivity contribution in [3.05, 3.63) is 100 Å². The lowest BCUT2D eigenvalue weighted by Gasteiger charge is -2.31. The number of aliphatic hydroxyl groups excluding tert-OH is 1. The lowest BCUT2D eigenvalue weighted by Crippen LogP contribution is -2.45. The molecule has 7 rings (SSSR count). The Kier molecular flexibility index (Phi) is 7.89. The van der Waals surface area contributed by atoms with Crippen molar-refractivity contribution in [3.63, 3.8) is 0 Å². The van der Waals surface area contributed by atoms with E-state index in [0.29, 0.717) is 35.3 Å². The van der Waals surface area contributed by atoms with Gasteiger partial charge in [0, 0.05) is 29.0 Å². The van der Waals surface area contributed by atoms with Gasteiger partial charge in [-0.15, -0.1) is 0 Å². The number of ether oxygens (including phenoxy) is 1. The van der Waals surface area contributed by atoms with Crippen LogP contribution >= 0.6 is 0 Å². The number of carbonyl (C=O) groups excluding carboxylic acids is 2. The molecule has 3 aliphatic rings. The number of aromatic nitrogens is 2. The van der Waals surface area contributed by atoms with Crippen LogP contribution in [-0.4, -0.2) is 65.3 Å². The minimum atomic E-state index is -3.52. The van der Waals surface area contributed by atoms with Crippen LogP contribution in [0.25, 0.3) is 16.5 Å². The number of carbonyl (C=O) groups is 2. The number of amides is 2. The van der Waals surface area contributed by atoms with Crippen molar-refractivity contribution in [3.8, 4) is 5.69 Å². The molecule has 0 unspecified atom stereocenters. The van der Waals surface area contributed by atoms with Gasteiger partial charge in [-0.05, 0) is 55.8 Å². The van der Waals surface area contributed by atoms with Gasteiger partial charge in [0.25, 0.3) is 11.5 Å². The van der Waals surface area contributed by atoms with E-state index >= 15 is 4.11 Å². The van der Waals surface area contributed by atoms with Crippen LogP contribution in [-0.2, 0) is 26.5 Å². The van der Waals surface area contributed by atoms with Crippen LogP contribution in [0, 0.1) is 5.92 Å². The lowest BCUT2D eigenvalue weighted by molar-refractivity contribution is -0.150. The zero-order valence-corrected chi connectivity index (χ0v) is 27.8. The lowest BCUT2D eigenvalue weighted by atomic mass is 9.82. The number of rotatable bonds is 7. The smallest absolute Gasteiger partial charge is 0.279 e. The van der Waals surface area contributed by atoms with Gasteiger partial charge in [0.1, 0.15) is 0 Å². The van der Waals surface area contributed by atoms with Crippen molar-refractivity contribution < 1.29 is 23.5 Å². The van der Waals surface area contributed by atoms with Crippen molar-refractivity contribution in [1.29, 1.82) is 0 Å². The van der Waals surface area contributed by atoms with Crippen LogP contribution < -0.4 is 10.5 Å². The standard InChI is InChI=1S/C36H39FN4O5Si/c1-23-33(47(2,3)37)31(19-32(43)39-17-9-13-27(39)22-42)46-36(23)29-18-26(41-34(44)28-14-8-7-12-25(28)20-38-41)15-16-30(29)40(35(36)45)21-24-10-5-4-6-11-24/h4-8,10-12,14-16,18,20,23,27,31,33,42H,9,13,17,19,21-22H2,1-3H3/t23-,27+,31+,33-,36+/m1/s1. The summed E-state index contributed by atoms with van der Waals surface area (Å²) in [4.78, 5) is 45.4. The van der Waals surface area contributed by atoms with Gasteiger partial charge in [-0.3, -0.25) is 14.4 Å². The Balaban J connectivity index is 1.35. The summed E-state index contributed by atoms with van der Waals surface area (Å²) >= 11 is 0. The Bertz CT molecular complexity index is 1910. The maximum Gasteiger partial charge on any atom is 0.279 e. The molecule has 1 aromatic heterocycles. The molecule has 2 saturated heterocycles. The van der Waals surface area contributed by atoms with E-state index in [-0.39, 0.29) is 43.0 Å². The average molecular weight is 655 g/mol. The van der Waals surface area contributed by atoms with Crippen molar-refractivity contribution in [2.24, 2.45) is 5.92 Å². The predicted molar refractivity (Wildman–Crippen MR) is 179 cm³/mol. The predicted octanol–water partition coefficient (Wildman–Crippen LogP) is 5.08. The van der Waals surface area contributed by atoms with Crippen LogP contribution in [0.3, 0.4) is 0 Å². The summed E-state index contributed by atoms with van der Waals surface area (Å²) in [5, 5.41) is 15.6. The topological polar surface area (TPSA) is 105 Å². The van der Waals surface area contributed by atoms with Crippen LogP contribution in [0.2, 0.25) is 18.6 Å². The monoisotopic (exact) mass is 654 g/mol. The molecule has 11 heteroatoms. The molecule has 5 atom stereocenters. The Morgan fingerprint density at radius 2 is 1.83 bits per heavy atom. The van der Waals surface area contributed by atoms with Gasteiger partial charge >= 0.3 is 0 Å². The van der Waals surface area contributed by atoms with Crippen LogP contribution in [0.1, 0.15) is 37.3 Å². The Morgan fingerprint density at radius 1 is 1.09 bits per heavy atom. The second kappa shape index (κ2) is 11.8. The van der Waals surface area contributed by atoms with E-state index in [9.17, 15) is 19.5 Å². The number of halogens is 1. The summed E-state index contributed by atoms with van der Waals surface area (Å²) in [5.74, 6) is -1.12. The number of benzene rings is 3. The van der Waals surface area contributed by atoms with E-state index in [1.165, 1.54) is 4.68 Å². The molecule has 1 spiro atoms. The van der Waals surface area contributed by atoms with E-state index in [4.69, 9.17) is 4.74 Å². The van der Waals surface area contributed by atoms with Crippen LogP contribution in [0.4, 0.5) is 9.80 Å². The molecule has 9 nitrogen and oxygen atoms in total. The van der Waals surface area contributed by atoms with Crippen LogP contribution in [0.15, 0.2) is 83.8 Å². The van der Waals surface area contributed by atoms with Gasteiger partial charge in [-0.2, -0.15) is 9.78 Å². The average Bonchev–Trinajstić information content (AvgIpc) is 3.72. The molecular weight excluding hydrogens is 616 g/mol. The highest BCUT2D eigenvalue weighted by Gasteiger charge is 2.67. The third kappa shape index (κ3) is 5.11. The fraction of sp³-hybridized carbons (Fsp3) is 0.389. The van der Waals surface area contributed by atoms with E-state index < -0.39 is 31.6 Å². The maximum atomic E-state index is 16.4. The second-order valence-corrected chi connectivity index (χ2v) is 17.4. The molecular formula is C36H39FN4O5Si. The summed E-state index contributed by atoms with van der Waals surface area (Å²) in [5.41, 5.74) is -0.0113. The Morgan fingerprint density at radius 3 is 2.57 bits per heavy atom. The maximum absolute atomic E-state index is 16.4. The third-order valence-corrected chi connectivity index (χ3v) is 12.8. The van der Waals surface area contributed by atoms with Crippen molar-refractivity contribution in [2.45, 2.75) is 69.1 Å². The van der Waals surface area contributed by atoms with Gasteiger partial charge in [0.05, 0.1) is 54.7 Å². The van der Waals surface area contributed by atoms with E-state index in [2.05, 4.69) is 5.10 Å². The second-order valence-electron chi connectivity index (χ2n) is 13.6. The number of anilines is 1. The Labute approximate surface area is 273 Å². The number of fused-ring (bicyclic) bond motifs is 3. The molecule has 1 N–H and O–H groups in total. The first-order chi connectivity index (χ1) is 22.5. The summed E-state index contributed by atoms with van der Waals surface area (Å²) in [7, 11) is -3.52. The van der Waals surface area contributed by atoms with Gasteiger partial charge in [-0.25, -0.2) is 0 Å². The van der Waals surface area contributed by atoms with Gasteiger partial charge in [0.15, 0.2) is 5.60 Å². The van der Waals surface area contributed by atoms with E-state index in [0.717, 1.165) is 17.4 Å². The highest BCUT2D eigenvalue weighted by molar-refractivity contribution is 6.72. The molecule has 4 aromatic rings. The molecule has 0 bridgehead atoms. The Hall–Kier alpha value is -4.19. The molecule has 2 amide bonds. The summed E-state index contributed by atoms with van der Waals surface area (Å²) < 4.78 is 24.6. The largest absolute Gasteiger partial charge is 0.394 e. The van der Waals surface area contributed by atoms with Gasteiger partial charge < -0.3 is 23.8 Å². The van der Waals surface area contributed by atoms with Crippen molar-refractivity contribution in [1.82, 2.24) is 14.7 Å². The van der Waals surface area contributed by atoms with Crippen LogP contribution in [0.5, 0.6) is 0 Å². The van der Waals surface area contributed by atoms with Gasteiger partial charge in [-0.1, -0.05) is 55.5 Å². The molecule has 244 valence electrons. The normalized spacial score (nSPS) is 25.7. The number of hydrogen-bond donors (Lipinski definition) is 1. The fourth-order valence-electron chi connectivity index (χ4n) is 8.21. The quantitative estimate of drug-likeness (QED) is 0.220. The minimum absolute atomic E-state index is 0.0831. The zero-order valence-electron chi connectivity index (χ0n) is 26.8. The molecule has 3 aromatic carbocycles. The molecule has 2 fully saturated rings.